The van der Waals surface area contributed by atoms with Gasteiger partial charge in [-0.1, -0.05) is 0 Å². The lowest BCUT2D eigenvalue weighted by Gasteiger charge is -2.31. The fourth-order valence-corrected chi connectivity index (χ4v) is 3.26. The maximum atomic E-state index is 12.6. The number of amides is 2. The summed E-state index contributed by atoms with van der Waals surface area (Å²) in [6.45, 7) is 2.97. The zero-order valence-electron chi connectivity index (χ0n) is 13.7. The van der Waals surface area contributed by atoms with Crippen molar-refractivity contribution in [1.82, 2.24) is 25.2 Å². The van der Waals surface area contributed by atoms with Gasteiger partial charge in [0, 0.05) is 38.2 Å². The van der Waals surface area contributed by atoms with Gasteiger partial charge >= 0.3 is 0 Å². The topological polar surface area (TPSA) is 91.0 Å². The van der Waals surface area contributed by atoms with E-state index in [9.17, 15) is 9.59 Å². The van der Waals surface area contributed by atoms with Gasteiger partial charge in [-0.2, -0.15) is 0 Å². The van der Waals surface area contributed by atoms with E-state index in [1.807, 2.05) is 4.90 Å². The predicted molar refractivity (Wildman–Crippen MR) is 88.6 cm³/mol. The van der Waals surface area contributed by atoms with Gasteiger partial charge in [0.2, 0.25) is 5.91 Å². The molecule has 2 aliphatic rings. The number of hydrogen-bond acceptors (Lipinski definition) is 4. The molecule has 2 fully saturated rings. The normalized spacial score (nSPS) is 18.8. The molecular formula is C17H21N5O2. The summed E-state index contributed by atoms with van der Waals surface area (Å²) in [5.41, 5.74) is 2.83. The number of likely N-dealkylation sites (tertiary alicyclic amines) is 1. The van der Waals surface area contributed by atoms with Gasteiger partial charge in [0.25, 0.3) is 5.91 Å². The first-order valence-corrected chi connectivity index (χ1v) is 8.52. The number of hydrogen-bond donors (Lipinski definition) is 2. The number of carbonyl (C=O) groups excluding carboxylic acids is 2. The lowest BCUT2D eigenvalue weighted by molar-refractivity contribution is -0.129. The quantitative estimate of drug-likeness (QED) is 0.895. The summed E-state index contributed by atoms with van der Waals surface area (Å²) in [6.07, 6.45) is 7.36. The number of aromatic nitrogens is 3. The molecule has 0 bridgehead atoms. The molecule has 0 aromatic carbocycles. The van der Waals surface area contributed by atoms with Gasteiger partial charge in [-0.3, -0.25) is 9.59 Å². The molecule has 2 amide bonds. The summed E-state index contributed by atoms with van der Waals surface area (Å²) in [4.78, 5) is 37.9. The third kappa shape index (κ3) is 2.86. The fraction of sp³-hybridized carbons (Fsp3) is 0.529. The number of H-pyrrole nitrogens is 1. The van der Waals surface area contributed by atoms with Gasteiger partial charge in [-0.05, 0) is 25.7 Å². The highest BCUT2D eigenvalue weighted by molar-refractivity contribution is 6.04. The summed E-state index contributed by atoms with van der Waals surface area (Å²) < 4.78 is 0. The molecule has 0 spiro atoms. The fourth-order valence-electron chi connectivity index (χ4n) is 3.26. The second kappa shape index (κ2) is 5.89. The van der Waals surface area contributed by atoms with Crippen LogP contribution in [0.3, 0.4) is 0 Å². The molecule has 1 saturated heterocycles. The molecule has 3 heterocycles. The van der Waals surface area contributed by atoms with Crippen LogP contribution in [0.4, 0.5) is 0 Å². The van der Waals surface area contributed by atoms with Crippen molar-refractivity contribution >= 4 is 23.0 Å². The molecule has 0 radical (unpaired) electrons. The standard InChI is InChI=1S/C17H21N5O2/c1-10(23)22-6-4-12(5-7-22)20-17(24)13-8-18-16-15(13)21-14(9-19-16)11-2-3-11/h8-9,11-12H,2-7H2,1H3,(H,18,19)(H,20,24). The Morgan fingerprint density at radius 1 is 1.25 bits per heavy atom. The van der Waals surface area contributed by atoms with Crippen LogP contribution in [-0.2, 0) is 4.79 Å². The maximum absolute atomic E-state index is 12.6. The van der Waals surface area contributed by atoms with Gasteiger partial charge in [0.05, 0.1) is 17.5 Å². The van der Waals surface area contributed by atoms with E-state index in [1.165, 1.54) is 0 Å². The first-order valence-electron chi connectivity index (χ1n) is 8.52. The zero-order valence-corrected chi connectivity index (χ0v) is 13.7. The van der Waals surface area contributed by atoms with Gasteiger partial charge in [0.1, 0.15) is 5.52 Å². The first kappa shape index (κ1) is 15.1. The third-order valence-corrected chi connectivity index (χ3v) is 4.92. The average Bonchev–Trinajstić information content (AvgIpc) is 3.34. The highest BCUT2D eigenvalue weighted by atomic mass is 16.2. The number of piperidine rings is 1. The molecule has 2 N–H and O–H groups in total. The Balaban J connectivity index is 1.47. The number of nitrogens with zero attached hydrogens (tertiary/aromatic N) is 3. The number of fused-ring (bicyclic) bond motifs is 1. The van der Waals surface area contributed by atoms with Crippen molar-refractivity contribution in [3.05, 3.63) is 23.7 Å². The number of aromatic amines is 1. The molecule has 7 nitrogen and oxygen atoms in total. The second-order valence-corrected chi connectivity index (χ2v) is 6.72. The van der Waals surface area contributed by atoms with Crippen molar-refractivity contribution in [3.8, 4) is 0 Å². The summed E-state index contributed by atoms with van der Waals surface area (Å²) in [5.74, 6) is 0.479. The van der Waals surface area contributed by atoms with E-state index < -0.39 is 0 Å². The van der Waals surface area contributed by atoms with Crippen LogP contribution in [-0.4, -0.2) is 50.8 Å². The van der Waals surface area contributed by atoms with Crippen LogP contribution < -0.4 is 5.32 Å². The molecule has 1 aliphatic carbocycles. The summed E-state index contributed by atoms with van der Waals surface area (Å²) in [6, 6.07) is 0.0950. The Morgan fingerprint density at radius 3 is 2.67 bits per heavy atom. The largest absolute Gasteiger partial charge is 0.349 e. The van der Waals surface area contributed by atoms with Crippen LogP contribution in [0.2, 0.25) is 0 Å². The van der Waals surface area contributed by atoms with Gasteiger partial charge in [0.15, 0.2) is 5.65 Å². The van der Waals surface area contributed by atoms with Gasteiger partial charge < -0.3 is 15.2 Å². The van der Waals surface area contributed by atoms with Crippen molar-refractivity contribution < 1.29 is 9.59 Å². The van der Waals surface area contributed by atoms with Crippen LogP contribution in [0.25, 0.3) is 11.2 Å². The van der Waals surface area contributed by atoms with E-state index >= 15 is 0 Å². The SMILES string of the molecule is CC(=O)N1CCC(NC(=O)c2c[nH]c3ncc(C4CC4)nc23)CC1. The Bertz CT molecular complexity index is 787. The summed E-state index contributed by atoms with van der Waals surface area (Å²) in [5, 5.41) is 3.07. The first-order chi connectivity index (χ1) is 11.6. The Labute approximate surface area is 139 Å². The molecule has 1 aliphatic heterocycles. The van der Waals surface area contributed by atoms with E-state index in [-0.39, 0.29) is 17.9 Å². The van der Waals surface area contributed by atoms with E-state index in [0.29, 0.717) is 35.7 Å². The Kier molecular flexibility index (Phi) is 3.70. The summed E-state index contributed by atoms with van der Waals surface area (Å²) in [7, 11) is 0. The second-order valence-electron chi connectivity index (χ2n) is 6.72. The van der Waals surface area contributed by atoms with Gasteiger partial charge in [-0.25, -0.2) is 9.97 Å². The maximum Gasteiger partial charge on any atom is 0.255 e. The molecule has 24 heavy (non-hydrogen) atoms. The van der Waals surface area contributed by atoms with Crippen LogP contribution in [0.15, 0.2) is 12.4 Å². The molecule has 7 heteroatoms. The highest BCUT2D eigenvalue weighted by Crippen LogP contribution is 2.39. The van der Waals surface area contributed by atoms with Crippen molar-refractivity contribution in [2.24, 2.45) is 0 Å². The van der Waals surface area contributed by atoms with Crippen LogP contribution >= 0.6 is 0 Å². The lowest BCUT2D eigenvalue weighted by atomic mass is 10.0. The third-order valence-electron chi connectivity index (χ3n) is 4.92. The van der Waals surface area contributed by atoms with Crippen LogP contribution in [0.5, 0.6) is 0 Å². The molecular weight excluding hydrogens is 306 g/mol. The van der Waals surface area contributed by atoms with E-state index in [0.717, 1.165) is 31.4 Å². The van der Waals surface area contributed by atoms with E-state index in [4.69, 9.17) is 0 Å². The van der Waals surface area contributed by atoms with E-state index in [1.54, 1.807) is 19.3 Å². The monoisotopic (exact) mass is 327 g/mol. The van der Waals surface area contributed by atoms with Crippen LogP contribution in [0, 0.1) is 0 Å². The molecule has 2 aromatic heterocycles. The summed E-state index contributed by atoms with van der Waals surface area (Å²) >= 11 is 0. The predicted octanol–water partition coefficient (Wildman–Crippen LogP) is 1.58. The molecule has 0 atom stereocenters. The Morgan fingerprint density at radius 2 is 2.00 bits per heavy atom. The molecule has 1 saturated carbocycles. The Hall–Kier alpha value is -2.44. The average molecular weight is 327 g/mol. The van der Waals surface area contributed by atoms with Crippen molar-refractivity contribution in [2.75, 3.05) is 13.1 Å². The minimum Gasteiger partial charge on any atom is -0.349 e. The zero-order chi connectivity index (χ0) is 16.7. The molecule has 126 valence electrons. The number of nitrogens with one attached hydrogen (secondary N) is 2. The van der Waals surface area contributed by atoms with E-state index in [2.05, 4.69) is 20.3 Å². The highest BCUT2D eigenvalue weighted by Gasteiger charge is 2.27. The van der Waals surface area contributed by atoms with Crippen molar-refractivity contribution in [2.45, 2.75) is 44.6 Å². The number of rotatable bonds is 3. The van der Waals surface area contributed by atoms with Crippen molar-refractivity contribution in [3.63, 3.8) is 0 Å². The molecule has 4 rings (SSSR count). The van der Waals surface area contributed by atoms with Crippen molar-refractivity contribution in [1.29, 1.82) is 0 Å². The number of carbonyl (C=O) groups is 2. The minimum atomic E-state index is -0.121. The minimum absolute atomic E-state index is 0.0950. The molecule has 2 aromatic rings. The molecule has 0 unspecified atom stereocenters. The van der Waals surface area contributed by atoms with Gasteiger partial charge in [-0.15, -0.1) is 0 Å². The smallest absolute Gasteiger partial charge is 0.255 e. The lowest BCUT2D eigenvalue weighted by Crippen LogP contribution is -2.46. The van der Waals surface area contributed by atoms with Crippen LogP contribution in [0.1, 0.15) is 54.6 Å².